The first-order valence-electron chi connectivity index (χ1n) is 7.29. The van der Waals surface area contributed by atoms with E-state index >= 15 is 0 Å². The number of rotatable bonds is 8. The molecule has 0 bridgehead atoms. The molecule has 1 atom stereocenters. The quantitative estimate of drug-likeness (QED) is 0.448. The second kappa shape index (κ2) is 6.98. The molecule has 0 aliphatic carbocycles. The summed E-state index contributed by atoms with van der Waals surface area (Å²) in [6, 6.07) is 4.20. The minimum atomic E-state index is -0.736. The summed E-state index contributed by atoms with van der Waals surface area (Å²) in [5, 5.41) is 2.99. The predicted octanol–water partition coefficient (Wildman–Crippen LogP) is 1.65. The molecular formula is C16H18N2O4. The maximum absolute atomic E-state index is 12.6. The lowest BCUT2D eigenvalue weighted by Gasteiger charge is -2.20. The van der Waals surface area contributed by atoms with E-state index in [0.29, 0.717) is 43.3 Å². The minimum Gasteiger partial charge on any atom is -0.384 e. The molecule has 1 heterocycles. The second-order valence-corrected chi connectivity index (χ2v) is 5.08. The van der Waals surface area contributed by atoms with Gasteiger partial charge in [0.25, 0.3) is 11.8 Å². The fourth-order valence-corrected chi connectivity index (χ4v) is 2.57. The Balaban J connectivity index is 2.34. The monoisotopic (exact) mass is 302 g/mol. The number of fused-ring (bicyclic) bond motifs is 1. The van der Waals surface area contributed by atoms with E-state index in [0.717, 1.165) is 11.2 Å². The van der Waals surface area contributed by atoms with Gasteiger partial charge in [-0.25, -0.2) is 0 Å². The van der Waals surface area contributed by atoms with Gasteiger partial charge in [0.1, 0.15) is 12.6 Å². The molecule has 0 fully saturated rings. The fourth-order valence-electron chi connectivity index (χ4n) is 2.57. The van der Waals surface area contributed by atoms with Crippen LogP contribution in [0.5, 0.6) is 0 Å². The van der Waals surface area contributed by atoms with Crippen molar-refractivity contribution >= 4 is 30.1 Å². The lowest BCUT2D eigenvalue weighted by Crippen LogP contribution is -2.40. The van der Waals surface area contributed by atoms with E-state index in [1.807, 2.05) is 6.92 Å². The van der Waals surface area contributed by atoms with Crippen molar-refractivity contribution in [2.75, 3.05) is 11.9 Å². The van der Waals surface area contributed by atoms with Gasteiger partial charge in [0.2, 0.25) is 0 Å². The van der Waals surface area contributed by atoms with Crippen LogP contribution in [-0.2, 0) is 9.59 Å². The van der Waals surface area contributed by atoms with Crippen molar-refractivity contribution in [3.63, 3.8) is 0 Å². The van der Waals surface area contributed by atoms with E-state index in [9.17, 15) is 19.2 Å². The maximum Gasteiger partial charge on any atom is 0.264 e. The Morgan fingerprint density at radius 3 is 2.64 bits per heavy atom. The molecule has 1 N–H and O–H groups in total. The number of imide groups is 1. The summed E-state index contributed by atoms with van der Waals surface area (Å²) in [5.74, 6) is -0.899. The Hall–Kier alpha value is -2.50. The Morgan fingerprint density at radius 2 is 2.00 bits per heavy atom. The van der Waals surface area contributed by atoms with Crippen molar-refractivity contribution in [1.82, 2.24) is 4.90 Å². The molecule has 1 aliphatic rings. The Kier molecular flexibility index (Phi) is 5.04. The highest BCUT2D eigenvalue weighted by molar-refractivity contribution is 6.24. The lowest BCUT2D eigenvalue weighted by atomic mass is 10.1. The number of nitrogens with one attached hydrogen (secondary N) is 1. The number of hydrogen-bond donors (Lipinski definition) is 1. The Morgan fingerprint density at radius 1 is 1.23 bits per heavy atom. The number of aldehydes is 2. The minimum absolute atomic E-state index is 0.279. The van der Waals surface area contributed by atoms with Gasteiger partial charge in [-0.15, -0.1) is 0 Å². The Bertz CT molecular complexity index is 612. The summed E-state index contributed by atoms with van der Waals surface area (Å²) in [5.41, 5.74) is 1.09. The predicted molar refractivity (Wildman–Crippen MR) is 80.9 cm³/mol. The van der Waals surface area contributed by atoms with Gasteiger partial charge in [-0.05, 0) is 18.6 Å². The van der Waals surface area contributed by atoms with E-state index in [1.54, 1.807) is 18.2 Å². The van der Waals surface area contributed by atoms with Crippen molar-refractivity contribution in [3.05, 3.63) is 29.3 Å². The summed E-state index contributed by atoms with van der Waals surface area (Å²) in [7, 11) is 0. The molecule has 1 unspecified atom stereocenters. The van der Waals surface area contributed by atoms with Crippen LogP contribution < -0.4 is 5.32 Å². The van der Waals surface area contributed by atoms with Crippen LogP contribution >= 0.6 is 0 Å². The summed E-state index contributed by atoms with van der Waals surface area (Å²) in [6.45, 7) is 2.27. The first-order chi connectivity index (χ1) is 10.7. The molecular weight excluding hydrogens is 284 g/mol. The topological polar surface area (TPSA) is 83.6 Å². The molecule has 6 heteroatoms. The molecule has 0 saturated heterocycles. The smallest absolute Gasteiger partial charge is 0.264 e. The van der Waals surface area contributed by atoms with Crippen LogP contribution in [0.15, 0.2) is 18.2 Å². The molecule has 1 aliphatic heterocycles. The van der Waals surface area contributed by atoms with Crippen molar-refractivity contribution in [2.24, 2.45) is 0 Å². The lowest BCUT2D eigenvalue weighted by molar-refractivity contribution is -0.111. The van der Waals surface area contributed by atoms with E-state index in [1.165, 1.54) is 0 Å². The van der Waals surface area contributed by atoms with Crippen LogP contribution in [0.3, 0.4) is 0 Å². The molecule has 1 aromatic rings. The summed E-state index contributed by atoms with van der Waals surface area (Å²) >= 11 is 0. The zero-order chi connectivity index (χ0) is 16.1. The standard InChI is InChI=1S/C16H18N2O4/c1-2-5-11(10-20)18-15(21)12-6-3-7-13(14(12)16(18)22)17-8-4-9-19/h3,6-7,9-11,17H,2,4-5,8H2,1H3. The molecule has 22 heavy (non-hydrogen) atoms. The highest BCUT2D eigenvalue weighted by atomic mass is 16.2. The number of anilines is 1. The number of carbonyl (C=O) groups excluding carboxylic acids is 4. The van der Waals surface area contributed by atoms with E-state index < -0.39 is 17.9 Å². The van der Waals surface area contributed by atoms with Crippen LogP contribution in [0.25, 0.3) is 0 Å². The largest absolute Gasteiger partial charge is 0.384 e. The average Bonchev–Trinajstić information content (AvgIpc) is 2.78. The molecule has 0 saturated carbocycles. The average molecular weight is 302 g/mol. The molecule has 2 amide bonds. The highest BCUT2D eigenvalue weighted by Crippen LogP contribution is 2.31. The normalized spacial score (nSPS) is 14.7. The van der Waals surface area contributed by atoms with Gasteiger partial charge in [0, 0.05) is 18.7 Å². The first-order valence-corrected chi connectivity index (χ1v) is 7.29. The van der Waals surface area contributed by atoms with Gasteiger partial charge in [-0.2, -0.15) is 0 Å². The summed E-state index contributed by atoms with van der Waals surface area (Å²) in [4.78, 5) is 47.6. The van der Waals surface area contributed by atoms with Gasteiger partial charge in [0.15, 0.2) is 0 Å². The SMILES string of the molecule is CCCC(C=O)N1C(=O)c2cccc(NCCC=O)c2C1=O. The van der Waals surface area contributed by atoms with E-state index in [-0.39, 0.29) is 5.56 Å². The number of hydrogen-bond acceptors (Lipinski definition) is 5. The third-order valence-electron chi connectivity index (χ3n) is 3.60. The molecule has 2 rings (SSSR count). The zero-order valence-electron chi connectivity index (χ0n) is 12.4. The van der Waals surface area contributed by atoms with Gasteiger partial charge >= 0.3 is 0 Å². The molecule has 1 aromatic carbocycles. The fraction of sp³-hybridized carbons (Fsp3) is 0.375. The highest BCUT2D eigenvalue weighted by Gasteiger charge is 2.41. The van der Waals surface area contributed by atoms with Crippen LogP contribution in [0.2, 0.25) is 0 Å². The van der Waals surface area contributed by atoms with Crippen molar-refractivity contribution in [1.29, 1.82) is 0 Å². The van der Waals surface area contributed by atoms with Crippen molar-refractivity contribution in [2.45, 2.75) is 32.2 Å². The van der Waals surface area contributed by atoms with Gasteiger partial charge in [-0.3, -0.25) is 14.5 Å². The number of carbonyl (C=O) groups is 4. The van der Waals surface area contributed by atoms with Crippen LogP contribution in [0.4, 0.5) is 5.69 Å². The van der Waals surface area contributed by atoms with Crippen LogP contribution in [0, 0.1) is 0 Å². The van der Waals surface area contributed by atoms with Crippen molar-refractivity contribution in [3.8, 4) is 0 Å². The molecule has 0 spiro atoms. The third-order valence-corrected chi connectivity index (χ3v) is 3.60. The van der Waals surface area contributed by atoms with Crippen LogP contribution in [0.1, 0.15) is 46.9 Å². The molecule has 0 aromatic heterocycles. The Labute approximate surface area is 128 Å². The summed E-state index contributed by atoms with van der Waals surface area (Å²) < 4.78 is 0. The van der Waals surface area contributed by atoms with Crippen molar-refractivity contribution < 1.29 is 19.2 Å². The van der Waals surface area contributed by atoms with Gasteiger partial charge in [0.05, 0.1) is 17.2 Å². The third kappa shape index (κ3) is 2.77. The first kappa shape index (κ1) is 15.9. The number of amides is 2. The van der Waals surface area contributed by atoms with Gasteiger partial charge < -0.3 is 14.9 Å². The number of nitrogens with zero attached hydrogens (tertiary/aromatic N) is 1. The van der Waals surface area contributed by atoms with Crippen LogP contribution in [-0.4, -0.2) is 41.9 Å². The second-order valence-electron chi connectivity index (χ2n) is 5.08. The maximum atomic E-state index is 12.6. The van der Waals surface area contributed by atoms with Gasteiger partial charge in [-0.1, -0.05) is 19.4 Å². The number of benzene rings is 1. The van der Waals surface area contributed by atoms with E-state index in [4.69, 9.17) is 0 Å². The summed E-state index contributed by atoms with van der Waals surface area (Å²) in [6.07, 6.45) is 2.87. The zero-order valence-corrected chi connectivity index (χ0v) is 12.4. The molecule has 116 valence electrons. The molecule has 6 nitrogen and oxygen atoms in total. The molecule has 0 radical (unpaired) electrons. The van der Waals surface area contributed by atoms with E-state index in [2.05, 4.69) is 5.32 Å².